The Kier molecular flexibility index (Phi) is 6.04. The van der Waals surface area contributed by atoms with Crippen molar-refractivity contribution in [3.8, 4) is 5.75 Å². The average Bonchev–Trinajstić information content (AvgIpc) is 3.09. The molecule has 0 amide bonds. The monoisotopic (exact) mass is 344 g/mol. The van der Waals surface area contributed by atoms with Crippen molar-refractivity contribution in [2.45, 2.75) is 39.3 Å². The lowest BCUT2D eigenvalue weighted by Gasteiger charge is -2.33. The van der Waals surface area contributed by atoms with Crippen LogP contribution in [0.15, 0.2) is 30.9 Å². The van der Waals surface area contributed by atoms with Crippen LogP contribution in [0.2, 0.25) is 0 Å². The second-order valence-corrected chi connectivity index (χ2v) is 7.12. The number of hydrogen-bond donors (Lipinski definition) is 1. The van der Waals surface area contributed by atoms with E-state index in [0.29, 0.717) is 19.1 Å². The van der Waals surface area contributed by atoms with Gasteiger partial charge in [-0.25, -0.2) is 4.98 Å². The molecule has 1 aromatic carbocycles. The van der Waals surface area contributed by atoms with E-state index in [1.54, 1.807) is 12.7 Å². The van der Waals surface area contributed by atoms with Gasteiger partial charge in [-0.1, -0.05) is 12.1 Å². The Bertz CT molecular complexity index is 659. The van der Waals surface area contributed by atoms with Gasteiger partial charge in [-0.15, -0.1) is 0 Å². The van der Waals surface area contributed by atoms with Crippen molar-refractivity contribution in [2.24, 2.45) is 5.92 Å². The van der Waals surface area contributed by atoms with E-state index in [1.807, 2.05) is 24.6 Å². The van der Waals surface area contributed by atoms with Crippen molar-refractivity contribution in [2.75, 3.05) is 26.2 Å². The summed E-state index contributed by atoms with van der Waals surface area (Å²) in [6, 6.07) is 6.15. The quantitative estimate of drug-likeness (QED) is 0.833. The van der Waals surface area contributed by atoms with E-state index in [-0.39, 0.29) is 0 Å². The van der Waals surface area contributed by atoms with Gasteiger partial charge in [-0.05, 0) is 56.3 Å². The van der Waals surface area contributed by atoms with Gasteiger partial charge in [-0.3, -0.25) is 4.68 Å². The van der Waals surface area contributed by atoms with E-state index in [0.717, 1.165) is 37.4 Å². The fraction of sp³-hybridized carbons (Fsp3) is 0.579. The molecule has 2 aromatic rings. The van der Waals surface area contributed by atoms with Crippen LogP contribution in [0.25, 0.3) is 0 Å². The van der Waals surface area contributed by atoms with E-state index < -0.39 is 6.10 Å². The number of piperidine rings is 1. The Morgan fingerprint density at radius 1 is 1.36 bits per heavy atom. The molecule has 0 bridgehead atoms. The van der Waals surface area contributed by atoms with Crippen molar-refractivity contribution >= 4 is 0 Å². The molecule has 2 atom stereocenters. The summed E-state index contributed by atoms with van der Waals surface area (Å²) < 4.78 is 7.73. The van der Waals surface area contributed by atoms with Crippen LogP contribution in [0.4, 0.5) is 0 Å². The maximum Gasteiger partial charge on any atom is 0.137 e. The Morgan fingerprint density at radius 3 is 3.04 bits per heavy atom. The van der Waals surface area contributed by atoms with Crippen LogP contribution in [0.5, 0.6) is 5.75 Å². The molecule has 6 nitrogen and oxygen atoms in total. The molecule has 136 valence electrons. The number of aromatic nitrogens is 3. The van der Waals surface area contributed by atoms with Gasteiger partial charge in [-0.2, -0.15) is 5.10 Å². The highest BCUT2D eigenvalue weighted by atomic mass is 16.5. The molecule has 0 spiro atoms. The third kappa shape index (κ3) is 5.28. The predicted octanol–water partition coefficient (Wildman–Crippen LogP) is 2.05. The Hall–Kier alpha value is -1.92. The summed E-state index contributed by atoms with van der Waals surface area (Å²) in [7, 11) is 0. The maximum absolute atomic E-state index is 10.4. The summed E-state index contributed by atoms with van der Waals surface area (Å²) in [6.45, 7) is 7.97. The lowest BCUT2D eigenvalue weighted by atomic mass is 9.98. The second kappa shape index (κ2) is 8.45. The average molecular weight is 344 g/mol. The first-order valence-electron chi connectivity index (χ1n) is 9.03. The van der Waals surface area contributed by atoms with Crippen molar-refractivity contribution in [3.63, 3.8) is 0 Å². The molecule has 3 rings (SSSR count). The minimum atomic E-state index is -0.481. The van der Waals surface area contributed by atoms with E-state index in [1.165, 1.54) is 12.0 Å². The molecule has 1 aliphatic rings. The topological polar surface area (TPSA) is 63.4 Å². The van der Waals surface area contributed by atoms with Gasteiger partial charge in [0.25, 0.3) is 0 Å². The number of aryl methyl sites for hydroxylation is 2. The summed E-state index contributed by atoms with van der Waals surface area (Å²) in [5.41, 5.74) is 2.27. The van der Waals surface area contributed by atoms with E-state index in [2.05, 4.69) is 27.1 Å². The van der Waals surface area contributed by atoms with Gasteiger partial charge in [0.2, 0.25) is 0 Å². The van der Waals surface area contributed by atoms with Crippen LogP contribution in [-0.4, -0.2) is 57.1 Å². The molecule has 2 heterocycles. The van der Waals surface area contributed by atoms with Gasteiger partial charge in [0.05, 0.1) is 0 Å². The zero-order valence-corrected chi connectivity index (χ0v) is 15.1. The first-order valence-corrected chi connectivity index (χ1v) is 9.03. The number of hydrogen-bond acceptors (Lipinski definition) is 5. The smallest absolute Gasteiger partial charge is 0.137 e. The fourth-order valence-electron chi connectivity index (χ4n) is 3.46. The van der Waals surface area contributed by atoms with E-state index in [4.69, 9.17) is 4.74 Å². The third-order valence-corrected chi connectivity index (χ3v) is 4.76. The van der Waals surface area contributed by atoms with Gasteiger partial charge in [0, 0.05) is 19.6 Å². The van der Waals surface area contributed by atoms with E-state index >= 15 is 0 Å². The summed E-state index contributed by atoms with van der Waals surface area (Å²) in [6.07, 6.45) is 5.22. The SMILES string of the molecule is Cc1ccc(C)c(OC[C@H](O)CN2CCC[C@H](Cn3cncn3)C2)c1. The first kappa shape index (κ1) is 17.9. The van der Waals surface area contributed by atoms with Gasteiger partial charge < -0.3 is 14.7 Å². The van der Waals surface area contributed by atoms with Gasteiger partial charge >= 0.3 is 0 Å². The maximum atomic E-state index is 10.4. The molecule has 0 radical (unpaired) electrons. The number of rotatable bonds is 7. The highest BCUT2D eigenvalue weighted by molar-refractivity contribution is 5.35. The molecule has 1 N–H and O–H groups in total. The van der Waals surface area contributed by atoms with Crippen LogP contribution in [0.3, 0.4) is 0 Å². The predicted molar refractivity (Wildman–Crippen MR) is 96.6 cm³/mol. The molecule has 1 saturated heterocycles. The summed E-state index contributed by atoms with van der Waals surface area (Å²) in [5.74, 6) is 1.42. The van der Waals surface area contributed by atoms with Crippen LogP contribution in [0, 0.1) is 19.8 Å². The number of nitrogens with zero attached hydrogens (tertiary/aromatic N) is 4. The number of likely N-dealkylation sites (tertiary alicyclic amines) is 1. The number of benzene rings is 1. The van der Waals surface area contributed by atoms with Gasteiger partial charge in [0.15, 0.2) is 0 Å². The summed E-state index contributed by atoms with van der Waals surface area (Å²) in [5, 5.41) is 14.6. The van der Waals surface area contributed by atoms with Crippen LogP contribution < -0.4 is 4.74 Å². The Labute approximate surface area is 149 Å². The minimum absolute atomic E-state index is 0.328. The molecule has 0 unspecified atom stereocenters. The molecular weight excluding hydrogens is 316 g/mol. The van der Waals surface area contributed by atoms with Crippen molar-refractivity contribution in [1.29, 1.82) is 0 Å². The Morgan fingerprint density at radius 2 is 2.24 bits per heavy atom. The highest BCUT2D eigenvalue weighted by Gasteiger charge is 2.22. The minimum Gasteiger partial charge on any atom is -0.491 e. The Balaban J connectivity index is 1.45. The van der Waals surface area contributed by atoms with Crippen LogP contribution in [0.1, 0.15) is 24.0 Å². The first-order chi connectivity index (χ1) is 12.1. The van der Waals surface area contributed by atoms with Crippen molar-refractivity contribution in [1.82, 2.24) is 19.7 Å². The zero-order chi connectivity index (χ0) is 17.6. The molecular formula is C19H28N4O2. The number of β-amino-alcohol motifs (C(OH)–C–C–N with tert-alkyl or cyclic N) is 1. The molecule has 1 aromatic heterocycles. The standard InChI is InChI=1S/C19H28N4O2/c1-15-5-6-16(2)19(8-15)25-12-18(24)11-22-7-3-4-17(9-22)10-23-14-20-13-21-23/h5-6,8,13-14,17-18,24H,3-4,7,9-12H2,1-2H3/t17-,18+/m0/s1. The van der Waals surface area contributed by atoms with Crippen LogP contribution >= 0.6 is 0 Å². The lowest BCUT2D eigenvalue weighted by Crippen LogP contribution is -2.42. The van der Waals surface area contributed by atoms with Gasteiger partial charge in [0.1, 0.15) is 31.1 Å². The number of aliphatic hydroxyl groups excluding tert-OH is 1. The molecule has 1 fully saturated rings. The van der Waals surface area contributed by atoms with Crippen molar-refractivity contribution < 1.29 is 9.84 Å². The van der Waals surface area contributed by atoms with E-state index in [9.17, 15) is 5.11 Å². The molecule has 25 heavy (non-hydrogen) atoms. The molecule has 0 saturated carbocycles. The molecule has 0 aliphatic carbocycles. The zero-order valence-electron chi connectivity index (χ0n) is 15.1. The third-order valence-electron chi connectivity index (χ3n) is 4.76. The fourth-order valence-corrected chi connectivity index (χ4v) is 3.46. The lowest BCUT2D eigenvalue weighted by molar-refractivity contribution is 0.0493. The largest absolute Gasteiger partial charge is 0.491 e. The molecule has 1 aliphatic heterocycles. The number of ether oxygens (including phenoxy) is 1. The normalized spacial score (nSPS) is 19.7. The van der Waals surface area contributed by atoms with Crippen LogP contribution in [-0.2, 0) is 6.54 Å². The number of aliphatic hydroxyl groups is 1. The second-order valence-electron chi connectivity index (χ2n) is 7.12. The molecule has 6 heteroatoms. The highest BCUT2D eigenvalue weighted by Crippen LogP contribution is 2.20. The van der Waals surface area contributed by atoms with Crippen molar-refractivity contribution in [3.05, 3.63) is 42.0 Å². The summed E-state index contributed by atoms with van der Waals surface area (Å²) in [4.78, 5) is 6.34. The summed E-state index contributed by atoms with van der Waals surface area (Å²) >= 11 is 0.